The van der Waals surface area contributed by atoms with Crippen molar-refractivity contribution in [3.8, 4) is 11.3 Å². The van der Waals surface area contributed by atoms with Gasteiger partial charge in [0, 0.05) is 21.4 Å². The number of aromatic nitrogens is 2. The molecule has 0 aliphatic rings. The molecule has 17 heavy (non-hydrogen) atoms. The summed E-state index contributed by atoms with van der Waals surface area (Å²) in [5, 5.41) is 7.56. The van der Waals surface area contributed by atoms with E-state index in [1.807, 2.05) is 18.6 Å². The number of benzene rings is 1. The van der Waals surface area contributed by atoms with E-state index < -0.39 is 0 Å². The topological polar surface area (TPSA) is 54.7 Å². The Bertz CT molecular complexity index is 540. The summed E-state index contributed by atoms with van der Waals surface area (Å²) in [5.41, 5.74) is 7.48. The first-order valence-electron chi connectivity index (χ1n) is 4.88. The number of anilines is 1. The standard InChI is InChI=1S/C11H12ClN3S2/c1-16-9-4-6(3-7(12)11(9)17-2)8-5-10(13)15-14-8/h3-5H,1-2H3,(H3,13,14,15). The highest BCUT2D eigenvalue weighted by atomic mass is 35.5. The third-order valence-corrected chi connectivity index (χ3v) is 4.49. The second kappa shape index (κ2) is 5.25. The monoisotopic (exact) mass is 285 g/mol. The Morgan fingerprint density at radius 1 is 1.24 bits per heavy atom. The summed E-state index contributed by atoms with van der Waals surface area (Å²) in [6, 6.07) is 5.82. The zero-order valence-electron chi connectivity index (χ0n) is 9.45. The number of rotatable bonds is 3. The Morgan fingerprint density at radius 2 is 2.00 bits per heavy atom. The molecule has 1 aromatic carbocycles. The van der Waals surface area contributed by atoms with Crippen LogP contribution in [0.4, 0.5) is 5.82 Å². The van der Waals surface area contributed by atoms with E-state index in [1.165, 1.54) is 0 Å². The van der Waals surface area contributed by atoms with E-state index in [2.05, 4.69) is 16.3 Å². The van der Waals surface area contributed by atoms with Gasteiger partial charge in [-0.05, 0) is 24.6 Å². The summed E-state index contributed by atoms with van der Waals surface area (Å²) in [4.78, 5) is 2.27. The van der Waals surface area contributed by atoms with E-state index in [1.54, 1.807) is 29.6 Å². The van der Waals surface area contributed by atoms with Crippen molar-refractivity contribution in [1.29, 1.82) is 0 Å². The highest BCUT2D eigenvalue weighted by Crippen LogP contribution is 2.38. The van der Waals surface area contributed by atoms with Crippen LogP contribution < -0.4 is 5.73 Å². The SMILES string of the molecule is CSc1cc(-c2cc(N)n[nH]2)cc(Cl)c1SC. The van der Waals surface area contributed by atoms with E-state index in [-0.39, 0.29) is 0 Å². The Morgan fingerprint density at radius 3 is 2.53 bits per heavy atom. The van der Waals surface area contributed by atoms with Gasteiger partial charge < -0.3 is 5.73 Å². The molecular weight excluding hydrogens is 274 g/mol. The van der Waals surface area contributed by atoms with Gasteiger partial charge in [0.15, 0.2) is 0 Å². The van der Waals surface area contributed by atoms with Crippen molar-refractivity contribution in [1.82, 2.24) is 10.2 Å². The normalized spacial score (nSPS) is 10.8. The quantitative estimate of drug-likeness (QED) is 0.843. The van der Waals surface area contributed by atoms with Crippen LogP contribution in [0.3, 0.4) is 0 Å². The van der Waals surface area contributed by atoms with Crippen molar-refractivity contribution in [3.05, 3.63) is 23.2 Å². The van der Waals surface area contributed by atoms with Gasteiger partial charge in [-0.1, -0.05) is 11.6 Å². The number of nitrogens with zero attached hydrogens (tertiary/aromatic N) is 1. The molecule has 1 heterocycles. The lowest BCUT2D eigenvalue weighted by molar-refractivity contribution is 1.10. The van der Waals surface area contributed by atoms with Crippen LogP contribution in [-0.2, 0) is 0 Å². The van der Waals surface area contributed by atoms with Crippen molar-refractivity contribution in [2.75, 3.05) is 18.2 Å². The maximum Gasteiger partial charge on any atom is 0.145 e. The van der Waals surface area contributed by atoms with Crippen molar-refractivity contribution in [3.63, 3.8) is 0 Å². The molecule has 2 rings (SSSR count). The van der Waals surface area contributed by atoms with Crippen LogP contribution in [-0.4, -0.2) is 22.7 Å². The van der Waals surface area contributed by atoms with E-state index in [4.69, 9.17) is 17.3 Å². The maximum absolute atomic E-state index is 6.27. The Hall–Kier alpha value is -0.780. The number of halogens is 1. The van der Waals surface area contributed by atoms with Gasteiger partial charge in [-0.3, -0.25) is 5.10 Å². The predicted molar refractivity (Wildman–Crippen MR) is 77.0 cm³/mol. The van der Waals surface area contributed by atoms with Gasteiger partial charge in [0.05, 0.1) is 10.7 Å². The van der Waals surface area contributed by atoms with Crippen molar-refractivity contribution in [2.45, 2.75) is 9.79 Å². The van der Waals surface area contributed by atoms with Crippen LogP contribution in [0.5, 0.6) is 0 Å². The van der Waals surface area contributed by atoms with Gasteiger partial charge in [-0.2, -0.15) is 5.10 Å². The molecule has 0 saturated heterocycles. The van der Waals surface area contributed by atoms with Crippen molar-refractivity contribution in [2.24, 2.45) is 0 Å². The third kappa shape index (κ3) is 2.56. The number of aromatic amines is 1. The summed E-state index contributed by atoms with van der Waals surface area (Å²) in [5.74, 6) is 0.482. The average molecular weight is 286 g/mol. The largest absolute Gasteiger partial charge is 0.382 e. The zero-order chi connectivity index (χ0) is 12.4. The minimum Gasteiger partial charge on any atom is -0.382 e. The fraction of sp³-hybridized carbons (Fsp3) is 0.182. The number of nitrogen functional groups attached to an aromatic ring is 1. The molecule has 90 valence electrons. The molecule has 1 aromatic heterocycles. The number of hydrogen-bond donors (Lipinski definition) is 2. The van der Waals surface area contributed by atoms with E-state index in [0.717, 1.165) is 26.1 Å². The summed E-state index contributed by atoms with van der Waals surface area (Å²) in [7, 11) is 0. The number of nitrogens with one attached hydrogen (secondary N) is 1. The molecule has 0 fully saturated rings. The summed E-state index contributed by atoms with van der Waals surface area (Å²) in [6.45, 7) is 0. The lowest BCUT2D eigenvalue weighted by Gasteiger charge is -2.09. The van der Waals surface area contributed by atoms with Crippen molar-refractivity contribution >= 4 is 40.9 Å². The molecule has 0 amide bonds. The minimum atomic E-state index is 0.482. The van der Waals surface area contributed by atoms with Crippen LogP contribution in [0.15, 0.2) is 28.0 Å². The lowest BCUT2D eigenvalue weighted by atomic mass is 10.1. The average Bonchev–Trinajstić information content (AvgIpc) is 2.74. The zero-order valence-corrected chi connectivity index (χ0v) is 11.8. The van der Waals surface area contributed by atoms with E-state index in [9.17, 15) is 0 Å². The first kappa shape index (κ1) is 12.7. The van der Waals surface area contributed by atoms with Gasteiger partial charge in [0.1, 0.15) is 5.82 Å². The Kier molecular flexibility index (Phi) is 3.91. The molecular formula is C11H12ClN3S2. The highest BCUT2D eigenvalue weighted by Gasteiger charge is 2.10. The fourth-order valence-electron chi connectivity index (χ4n) is 1.56. The molecule has 0 aliphatic carbocycles. The fourth-order valence-corrected chi connectivity index (χ4v) is 3.62. The third-order valence-electron chi connectivity index (χ3n) is 2.34. The first-order chi connectivity index (χ1) is 8.15. The number of nitrogens with two attached hydrogens (primary N) is 1. The number of thioether (sulfide) groups is 2. The smallest absolute Gasteiger partial charge is 0.145 e. The minimum absolute atomic E-state index is 0.482. The van der Waals surface area contributed by atoms with Crippen molar-refractivity contribution < 1.29 is 0 Å². The van der Waals surface area contributed by atoms with Gasteiger partial charge >= 0.3 is 0 Å². The highest BCUT2D eigenvalue weighted by molar-refractivity contribution is 8.01. The van der Waals surface area contributed by atoms with Crippen LogP contribution in [0, 0.1) is 0 Å². The number of hydrogen-bond acceptors (Lipinski definition) is 4. The molecule has 6 heteroatoms. The summed E-state index contributed by atoms with van der Waals surface area (Å²) < 4.78 is 0. The van der Waals surface area contributed by atoms with E-state index in [0.29, 0.717) is 5.82 Å². The van der Waals surface area contributed by atoms with Gasteiger partial charge in [0.25, 0.3) is 0 Å². The molecule has 3 nitrogen and oxygen atoms in total. The molecule has 0 saturated carbocycles. The molecule has 0 radical (unpaired) electrons. The van der Waals surface area contributed by atoms with Gasteiger partial charge in [-0.15, -0.1) is 23.5 Å². The van der Waals surface area contributed by atoms with E-state index >= 15 is 0 Å². The number of H-pyrrole nitrogens is 1. The van der Waals surface area contributed by atoms with Crippen LogP contribution in [0.25, 0.3) is 11.3 Å². The second-order valence-electron chi connectivity index (χ2n) is 3.40. The first-order valence-corrected chi connectivity index (χ1v) is 7.71. The van der Waals surface area contributed by atoms with Crippen LogP contribution in [0.1, 0.15) is 0 Å². The molecule has 0 aliphatic heterocycles. The van der Waals surface area contributed by atoms with Crippen LogP contribution in [0.2, 0.25) is 5.02 Å². The lowest BCUT2D eigenvalue weighted by Crippen LogP contribution is -1.84. The molecule has 0 bridgehead atoms. The summed E-state index contributed by atoms with van der Waals surface area (Å²) in [6.07, 6.45) is 4.06. The Labute approximate surface area is 114 Å². The van der Waals surface area contributed by atoms with Gasteiger partial charge in [-0.25, -0.2) is 0 Å². The molecule has 3 N–H and O–H groups in total. The van der Waals surface area contributed by atoms with Crippen LogP contribution >= 0.6 is 35.1 Å². The molecule has 0 atom stereocenters. The predicted octanol–water partition coefficient (Wildman–Crippen LogP) is 3.76. The Balaban J connectivity index is 2.53. The molecule has 2 aromatic rings. The second-order valence-corrected chi connectivity index (χ2v) is 5.47. The van der Waals surface area contributed by atoms with Gasteiger partial charge in [0.2, 0.25) is 0 Å². The maximum atomic E-state index is 6.27. The molecule has 0 unspecified atom stereocenters. The summed E-state index contributed by atoms with van der Waals surface area (Å²) >= 11 is 9.60. The molecule has 0 spiro atoms.